The number of hydrogen-bond acceptors (Lipinski definition) is 6. The molecule has 26 heavy (non-hydrogen) atoms. The molecule has 7 heteroatoms. The molecule has 3 aromatic heterocycles. The van der Waals surface area contributed by atoms with Crippen LogP contribution in [0.15, 0.2) is 52.3 Å². The highest BCUT2D eigenvalue weighted by molar-refractivity contribution is 7.98. The molecular weight excluding hydrogens is 348 g/mol. The van der Waals surface area contributed by atoms with Gasteiger partial charge >= 0.3 is 0 Å². The van der Waals surface area contributed by atoms with Gasteiger partial charge in [0, 0.05) is 42.4 Å². The van der Waals surface area contributed by atoms with Crippen molar-refractivity contribution < 1.29 is 9.32 Å². The van der Waals surface area contributed by atoms with Crippen molar-refractivity contribution in [3.8, 4) is 0 Å². The fourth-order valence-corrected chi connectivity index (χ4v) is 3.62. The molecule has 3 aromatic rings. The number of aromatic nitrogens is 3. The Morgan fingerprint density at radius 2 is 2.00 bits per heavy atom. The summed E-state index contributed by atoms with van der Waals surface area (Å²) in [6.07, 6.45) is 4.14. The van der Waals surface area contributed by atoms with Gasteiger partial charge in [0.05, 0.1) is 11.3 Å². The summed E-state index contributed by atoms with van der Waals surface area (Å²) in [7, 11) is 0. The van der Waals surface area contributed by atoms with Crippen molar-refractivity contribution in [2.24, 2.45) is 0 Å². The first kappa shape index (κ1) is 18.1. The molecule has 0 aliphatic carbocycles. The Morgan fingerprint density at radius 3 is 2.73 bits per heavy atom. The van der Waals surface area contributed by atoms with Crippen LogP contribution in [0.4, 0.5) is 0 Å². The van der Waals surface area contributed by atoms with Crippen LogP contribution >= 0.6 is 11.8 Å². The first-order valence-electron chi connectivity index (χ1n) is 8.33. The van der Waals surface area contributed by atoms with Gasteiger partial charge in [-0.1, -0.05) is 11.2 Å². The van der Waals surface area contributed by atoms with Crippen LogP contribution in [0.1, 0.15) is 33.1 Å². The number of carbonyl (C=O) groups is 1. The summed E-state index contributed by atoms with van der Waals surface area (Å²) in [5.74, 6) is 1.33. The third-order valence-corrected chi connectivity index (χ3v) is 4.97. The van der Waals surface area contributed by atoms with Crippen molar-refractivity contribution in [3.63, 3.8) is 0 Å². The van der Waals surface area contributed by atoms with Crippen LogP contribution in [0.25, 0.3) is 0 Å². The monoisotopic (exact) mass is 368 g/mol. The van der Waals surface area contributed by atoms with Crippen molar-refractivity contribution in [3.05, 3.63) is 71.0 Å². The van der Waals surface area contributed by atoms with Crippen LogP contribution < -0.4 is 5.32 Å². The highest BCUT2D eigenvalue weighted by atomic mass is 32.2. The third-order valence-electron chi connectivity index (χ3n) is 3.94. The Bertz CT molecular complexity index is 861. The molecule has 6 nitrogen and oxygen atoms in total. The van der Waals surface area contributed by atoms with E-state index in [2.05, 4.69) is 20.4 Å². The van der Waals surface area contributed by atoms with Gasteiger partial charge in [-0.15, -0.1) is 11.8 Å². The van der Waals surface area contributed by atoms with Gasteiger partial charge in [0.1, 0.15) is 10.8 Å². The number of nitrogens with one attached hydrogen (secondary N) is 1. The van der Waals surface area contributed by atoms with Crippen LogP contribution in [0.5, 0.6) is 0 Å². The third kappa shape index (κ3) is 4.49. The zero-order valence-electron chi connectivity index (χ0n) is 14.7. The lowest BCUT2D eigenvalue weighted by Gasteiger charge is -2.09. The molecular formula is C19H20N4O2S. The molecule has 0 atom stereocenters. The first-order valence-corrected chi connectivity index (χ1v) is 9.31. The smallest absolute Gasteiger partial charge is 0.254 e. The van der Waals surface area contributed by atoms with E-state index in [0.29, 0.717) is 29.3 Å². The Hall–Kier alpha value is -2.67. The Balaban J connectivity index is 1.61. The van der Waals surface area contributed by atoms with E-state index in [1.54, 1.807) is 24.5 Å². The summed E-state index contributed by atoms with van der Waals surface area (Å²) >= 11 is 1.51. The number of nitrogens with zero attached hydrogens (tertiary/aromatic N) is 3. The lowest BCUT2D eigenvalue weighted by molar-refractivity contribution is 0.0950. The SMILES string of the molecule is Cc1noc(C)c1CSc1ncccc1C(=O)NCCc1ccccn1. The molecule has 3 rings (SSSR count). The van der Waals surface area contributed by atoms with Gasteiger partial charge in [-0.3, -0.25) is 9.78 Å². The van der Waals surface area contributed by atoms with E-state index in [-0.39, 0.29) is 5.91 Å². The van der Waals surface area contributed by atoms with Gasteiger partial charge in [0.15, 0.2) is 0 Å². The average molecular weight is 368 g/mol. The lowest BCUT2D eigenvalue weighted by Crippen LogP contribution is -2.26. The molecule has 0 radical (unpaired) electrons. The van der Waals surface area contributed by atoms with Gasteiger partial charge in [-0.2, -0.15) is 0 Å². The fraction of sp³-hybridized carbons (Fsp3) is 0.263. The number of hydrogen-bond donors (Lipinski definition) is 1. The number of rotatable bonds is 7. The van der Waals surface area contributed by atoms with E-state index in [4.69, 9.17) is 4.52 Å². The van der Waals surface area contributed by atoms with Crippen LogP contribution in [-0.2, 0) is 12.2 Å². The van der Waals surface area contributed by atoms with E-state index in [1.807, 2.05) is 32.0 Å². The molecule has 1 N–H and O–H groups in total. The van der Waals surface area contributed by atoms with Crippen LogP contribution in [0.3, 0.4) is 0 Å². The van der Waals surface area contributed by atoms with Gasteiger partial charge in [-0.05, 0) is 38.1 Å². The number of aryl methyl sites for hydroxylation is 2. The molecule has 1 amide bonds. The number of thioether (sulfide) groups is 1. The topological polar surface area (TPSA) is 80.9 Å². The van der Waals surface area contributed by atoms with Gasteiger partial charge in [-0.25, -0.2) is 4.98 Å². The quantitative estimate of drug-likeness (QED) is 0.644. The summed E-state index contributed by atoms with van der Waals surface area (Å²) in [5.41, 5.74) is 3.44. The summed E-state index contributed by atoms with van der Waals surface area (Å²) in [4.78, 5) is 21.2. The van der Waals surface area contributed by atoms with Crippen molar-refractivity contribution >= 4 is 17.7 Å². The summed E-state index contributed by atoms with van der Waals surface area (Å²) < 4.78 is 5.19. The maximum absolute atomic E-state index is 12.5. The predicted octanol–water partition coefficient (Wildman–Crippen LogP) is 3.35. The minimum absolute atomic E-state index is 0.129. The van der Waals surface area contributed by atoms with Gasteiger partial charge < -0.3 is 9.84 Å². The molecule has 0 saturated carbocycles. The Kier molecular flexibility index (Phi) is 6.01. The van der Waals surface area contributed by atoms with Crippen molar-refractivity contribution in [1.29, 1.82) is 0 Å². The van der Waals surface area contributed by atoms with E-state index in [9.17, 15) is 4.79 Å². The molecule has 0 saturated heterocycles. The average Bonchev–Trinajstić information content (AvgIpc) is 2.99. The van der Waals surface area contributed by atoms with Gasteiger partial charge in [0.2, 0.25) is 0 Å². The first-order chi connectivity index (χ1) is 12.6. The molecule has 0 aliphatic rings. The highest BCUT2D eigenvalue weighted by Gasteiger charge is 2.15. The number of amides is 1. The molecule has 0 fully saturated rings. The number of pyridine rings is 2. The summed E-state index contributed by atoms with van der Waals surface area (Å²) in [6, 6.07) is 9.32. The molecule has 0 unspecified atom stereocenters. The molecule has 3 heterocycles. The normalized spacial score (nSPS) is 10.7. The summed E-state index contributed by atoms with van der Waals surface area (Å²) in [5, 5.41) is 7.60. The van der Waals surface area contributed by atoms with Gasteiger partial charge in [0.25, 0.3) is 5.91 Å². The Morgan fingerprint density at radius 1 is 1.15 bits per heavy atom. The van der Waals surface area contributed by atoms with E-state index < -0.39 is 0 Å². The fourth-order valence-electron chi connectivity index (χ4n) is 2.47. The minimum Gasteiger partial charge on any atom is -0.361 e. The van der Waals surface area contributed by atoms with Crippen molar-refractivity contribution in [2.75, 3.05) is 6.54 Å². The zero-order chi connectivity index (χ0) is 18.4. The standard InChI is InChI=1S/C19H20N4O2S/c1-13-17(14(2)25-23-13)12-26-19-16(7-5-10-22-19)18(24)21-11-8-15-6-3-4-9-20-15/h3-7,9-10H,8,11-12H2,1-2H3,(H,21,24). The maximum Gasteiger partial charge on any atom is 0.254 e. The second kappa shape index (κ2) is 8.62. The summed E-state index contributed by atoms with van der Waals surface area (Å²) in [6.45, 7) is 4.33. The number of carbonyl (C=O) groups excluding carboxylic acids is 1. The van der Waals surface area contributed by atoms with E-state index >= 15 is 0 Å². The van der Waals surface area contributed by atoms with Crippen LogP contribution in [0, 0.1) is 13.8 Å². The molecule has 0 aromatic carbocycles. The lowest BCUT2D eigenvalue weighted by atomic mass is 10.2. The van der Waals surface area contributed by atoms with E-state index in [0.717, 1.165) is 22.7 Å². The van der Waals surface area contributed by atoms with Crippen molar-refractivity contribution in [1.82, 2.24) is 20.4 Å². The van der Waals surface area contributed by atoms with Crippen LogP contribution in [-0.4, -0.2) is 27.6 Å². The molecule has 0 aliphatic heterocycles. The second-order valence-electron chi connectivity index (χ2n) is 5.77. The zero-order valence-corrected chi connectivity index (χ0v) is 15.5. The molecule has 0 spiro atoms. The maximum atomic E-state index is 12.5. The Labute approximate surface area is 156 Å². The molecule has 0 bridgehead atoms. The largest absolute Gasteiger partial charge is 0.361 e. The second-order valence-corrected chi connectivity index (χ2v) is 6.74. The molecule has 134 valence electrons. The predicted molar refractivity (Wildman–Crippen MR) is 100 cm³/mol. The minimum atomic E-state index is -0.129. The highest BCUT2D eigenvalue weighted by Crippen LogP contribution is 2.27. The van der Waals surface area contributed by atoms with Crippen LogP contribution in [0.2, 0.25) is 0 Å². The van der Waals surface area contributed by atoms with E-state index in [1.165, 1.54) is 11.8 Å². The van der Waals surface area contributed by atoms with Crippen molar-refractivity contribution in [2.45, 2.75) is 31.0 Å².